The Hall–Kier alpha value is -2.70. The Morgan fingerprint density at radius 3 is 2.78 bits per heavy atom. The van der Waals surface area contributed by atoms with Crippen LogP contribution in [0.3, 0.4) is 0 Å². The van der Waals surface area contributed by atoms with Crippen molar-refractivity contribution in [2.45, 2.75) is 33.2 Å². The van der Waals surface area contributed by atoms with Crippen molar-refractivity contribution in [2.75, 3.05) is 6.61 Å². The number of nitrogens with one attached hydrogen (secondary N) is 1. The Morgan fingerprint density at radius 2 is 2.17 bits per heavy atom. The van der Waals surface area contributed by atoms with E-state index in [1.54, 1.807) is 12.1 Å². The summed E-state index contributed by atoms with van der Waals surface area (Å²) >= 11 is 0. The lowest BCUT2D eigenvalue weighted by Gasteiger charge is -2.11. The van der Waals surface area contributed by atoms with Crippen LogP contribution in [0.1, 0.15) is 34.6 Å². The molecule has 0 saturated heterocycles. The largest absolute Gasteiger partial charge is 0.453 e. The van der Waals surface area contributed by atoms with Crippen molar-refractivity contribution in [3.05, 3.63) is 35.7 Å². The smallest absolute Gasteiger partial charge is 0.354 e. The number of carbonyl (C=O) groups excluding carboxylic acids is 3. The quantitative estimate of drug-likeness (QED) is 0.486. The van der Waals surface area contributed by atoms with E-state index < -0.39 is 5.97 Å². The fraction of sp³-hybridized carbons (Fsp3) is 0.375. The molecule has 0 radical (unpaired) electrons. The second-order valence-electron chi connectivity index (χ2n) is 5.28. The molecule has 1 aliphatic rings. The first-order valence-electron chi connectivity index (χ1n) is 7.27. The van der Waals surface area contributed by atoms with Crippen LogP contribution in [-0.4, -0.2) is 34.5 Å². The molecule has 1 aromatic rings. The second kappa shape index (κ2) is 7.04. The summed E-state index contributed by atoms with van der Waals surface area (Å²) in [7, 11) is 0. The van der Waals surface area contributed by atoms with Crippen LogP contribution >= 0.6 is 0 Å². The second-order valence-corrected chi connectivity index (χ2v) is 5.28. The lowest BCUT2D eigenvalue weighted by atomic mass is 10.1. The predicted octanol–water partition coefficient (Wildman–Crippen LogP) is 1.28. The molecule has 0 aliphatic carbocycles. The van der Waals surface area contributed by atoms with Gasteiger partial charge in [0.25, 0.3) is 0 Å². The van der Waals surface area contributed by atoms with Crippen LogP contribution < -0.4 is 5.43 Å². The van der Waals surface area contributed by atoms with Crippen molar-refractivity contribution in [1.29, 1.82) is 0 Å². The number of nitrogens with zero attached hydrogens (tertiary/aromatic N) is 2. The molecule has 7 nitrogen and oxygen atoms in total. The Kier molecular flexibility index (Phi) is 5.10. The summed E-state index contributed by atoms with van der Waals surface area (Å²) in [6.07, 6.45) is 2.15. The van der Waals surface area contributed by atoms with Gasteiger partial charge < -0.3 is 9.30 Å². The zero-order valence-corrected chi connectivity index (χ0v) is 13.2. The number of hydrogen-bond donors (Lipinski definition) is 1. The van der Waals surface area contributed by atoms with Gasteiger partial charge >= 0.3 is 5.97 Å². The van der Waals surface area contributed by atoms with Crippen molar-refractivity contribution in [2.24, 2.45) is 5.10 Å². The molecule has 0 atom stereocenters. The third-order valence-electron chi connectivity index (χ3n) is 3.66. The Morgan fingerprint density at radius 1 is 1.43 bits per heavy atom. The molecule has 0 bridgehead atoms. The average Bonchev–Trinajstić information content (AvgIpc) is 2.81. The third-order valence-corrected chi connectivity index (χ3v) is 3.66. The van der Waals surface area contributed by atoms with Gasteiger partial charge in [-0.25, -0.2) is 10.2 Å². The molecule has 0 spiro atoms. The number of Topliss-reactive ketones (excluding diaryl/α,β-unsaturated/α-hetero) is 1. The van der Waals surface area contributed by atoms with E-state index in [0.717, 1.165) is 11.4 Å². The average molecular weight is 317 g/mol. The zero-order chi connectivity index (χ0) is 17.0. The van der Waals surface area contributed by atoms with E-state index in [-0.39, 0.29) is 36.9 Å². The normalized spacial score (nSPS) is 14.0. The number of esters is 1. The number of amides is 1. The molecule has 2 rings (SSSR count). The Labute approximate surface area is 134 Å². The number of aromatic nitrogens is 1. The van der Waals surface area contributed by atoms with Gasteiger partial charge in [-0.05, 0) is 19.9 Å². The highest BCUT2D eigenvalue weighted by Crippen LogP contribution is 2.16. The highest BCUT2D eigenvalue weighted by molar-refractivity contribution is 6.37. The van der Waals surface area contributed by atoms with E-state index in [2.05, 4.69) is 17.1 Å². The predicted molar refractivity (Wildman–Crippen MR) is 84.2 cm³/mol. The van der Waals surface area contributed by atoms with Crippen LogP contribution in [-0.2, 0) is 20.9 Å². The van der Waals surface area contributed by atoms with E-state index in [1.807, 2.05) is 18.4 Å². The molecule has 7 heteroatoms. The van der Waals surface area contributed by atoms with Gasteiger partial charge in [-0.1, -0.05) is 6.08 Å². The first-order chi connectivity index (χ1) is 10.9. The highest BCUT2D eigenvalue weighted by Gasteiger charge is 2.22. The third kappa shape index (κ3) is 3.74. The molecule has 1 amide bonds. The van der Waals surface area contributed by atoms with Crippen LogP contribution in [0.25, 0.3) is 0 Å². The van der Waals surface area contributed by atoms with Gasteiger partial charge in [-0.3, -0.25) is 9.59 Å². The van der Waals surface area contributed by atoms with Crippen molar-refractivity contribution >= 4 is 23.4 Å². The van der Waals surface area contributed by atoms with Crippen LogP contribution in [0.15, 0.2) is 23.8 Å². The van der Waals surface area contributed by atoms with Gasteiger partial charge in [0.15, 0.2) is 6.61 Å². The minimum absolute atomic E-state index is 0.120. The van der Waals surface area contributed by atoms with Crippen molar-refractivity contribution in [3.8, 4) is 0 Å². The summed E-state index contributed by atoms with van der Waals surface area (Å²) in [6, 6.07) is 1.77. The molecule has 23 heavy (non-hydrogen) atoms. The maximum Gasteiger partial charge on any atom is 0.354 e. The summed E-state index contributed by atoms with van der Waals surface area (Å²) in [6.45, 7) is 7.69. The highest BCUT2D eigenvalue weighted by atomic mass is 16.5. The van der Waals surface area contributed by atoms with Gasteiger partial charge in [0.2, 0.25) is 11.7 Å². The maximum absolute atomic E-state index is 12.2. The summed E-state index contributed by atoms with van der Waals surface area (Å²) in [5.74, 6) is -1.20. The zero-order valence-electron chi connectivity index (χ0n) is 13.2. The molecule has 1 aliphatic heterocycles. The fourth-order valence-electron chi connectivity index (χ4n) is 2.41. The van der Waals surface area contributed by atoms with Gasteiger partial charge in [0.05, 0.1) is 0 Å². The molecule has 122 valence electrons. The number of rotatable bonds is 6. The standard InChI is InChI=1S/C16H19N3O4/c1-4-7-19-10(2)8-12(11(19)3)14(20)9-23-16(22)13-5-6-15(21)18-17-13/h4,8H,1,5-7,9H2,2-3H3,(H,18,21). The van der Waals surface area contributed by atoms with Crippen molar-refractivity contribution < 1.29 is 19.1 Å². The molecule has 0 unspecified atom stereocenters. The van der Waals surface area contributed by atoms with Gasteiger partial charge in [0, 0.05) is 36.3 Å². The summed E-state index contributed by atoms with van der Waals surface area (Å²) < 4.78 is 6.96. The topological polar surface area (TPSA) is 89.8 Å². The lowest BCUT2D eigenvalue weighted by Crippen LogP contribution is -2.31. The first kappa shape index (κ1) is 16.7. The van der Waals surface area contributed by atoms with E-state index in [9.17, 15) is 14.4 Å². The Bertz CT molecular complexity index is 700. The van der Waals surface area contributed by atoms with Crippen LogP contribution in [0.4, 0.5) is 0 Å². The minimum atomic E-state index is -0.682. The van der Waals surface area contributed by atoms with Gasteiger partial charge in [0.1, 0.15) is 5.71 Å². The fourth-order valence-corrected chi connectivity index (χ4v) is 2.41. The molecule has 0 aromatic carbocycles. The number of carbonyl (C=O) groups is 3. The Balaban J connectivity index is 2.00. The van der Waals surface area contributed by atoms with E-state index in [0.29, 0.717) is 12.1 Å². The van der Waals surface area contributed by atoms with E-state index in [4.69, 9.17) is 4.74 Å². The molecule has 2 heterocycles. The number of hydrazone groups is 1. The molecule has 1 N–H and O–H groups in total. The molecular weight excluding hydrogens is 298 g/mol. The molecule has 0 saturated carbocycles. The number of allylic oxidation sites excluding steroid dienone is 1. The van der Waals surface area contributed by atoms with Crippen LogP contribution in [0.2, 0.25) is 0 Å². The van der Waals surface area contributed by atoms with Crippen molar-refractivity contribution in [1.82, 2.24) is 9.99 Å². The van der Waals surface area contributed by atoms with E-state index >= 15 is 0 Å². The molecule has 1 aromatic heterocycles. The molecular formula is C16H19N3O4. The number of aryl methyl sites for hydroxylation is 1. The monoisotopic (exact) mass is 317 g/mol. The SMILES string of the molecule is C=CCn1c(C)cc(C(=O)COC(=O)C2=NNC(=O)CC2)c1C. The van der Waals surface area contributed by atoms with Gasteiger partial charge in [-0.2, -0.15) is 5.10 Å². The number of hydrogen-bond acceptors (Lipinski definition) is 5. The van der Waals surface area contributed by atoms with Gasteiger partial charge in [-0.15, -0.1) is 6.58 Å². The van der Waals surface area contributed by atoms with Crippen molar-refractivity contribution in [3.63, 3.8) is 0 Å². The molecule has 0 fully saturated rings. The van der Waals surface area contributed by atoms with Crippen LogP contribution in [0, 0.1) is 13.8 Å². The number of ketones is 1. The van der Waals surface area contributed by atoms with E-state index in [1.165, 1.54) is 0 Å². The lowest BCUT2D eigenvalue weighted by molar-refractivity contribution is -0.134. The summed E-state index contributed by atoms with van der Waals surface area (Å²) in [5.41, 5.74) is 4.61. The summed E-state index contributed by atoms with van der Waals surface area (Å²) in [5, 5.41) is 3.64. The summed E-state index contributed by atoms with van der Waals surface area (Å²) in [4.78, 5) is 35.0. The maximum atomic E-state index is 12.2. The van der Waals surface area contributed by atoms with Crippen LogP contribution in [0.5, 0.6) is 0 Å². The minimum Gasteiger partial charge on any atom is -0.453 e. The number of ether oxygens (including phenoxy) is 1. The first-order valence-corrected chi connectivity index (χ1v) is 7.27.